The van der Waals surface area contributed by atoms with Gasteiger partial charge in [-0.15, -0.1) is 0 Å². The fraction of sp³-hybridized carbons (Fsp3) is 0.143. The Balaban J connectivity index is 2.20. The largest absolute Gasteiger partial charge is 0.508 e. The second-order valence-electron chi connectivity index (χ2n) is 4.27. The molecule has 21 heavy (non-hydrogen) atoms. The summed E-state index contributed by atoms with van der Waals surface area (Å²) in [6.07, 6.45) is 0. The number of phenolic OH excluding ortho intramolecular Hbond substituents is 1. The number of hydrogen-bond acceptors (Lipinski definition) is 5. The van der Waals surface area contributed by atoms with Crippen molar-refractivity contribution in [3.8, 4) is 11.5 Å². The summed E-state index contributed by atoms with van der Waals surface area (Å²) in [5.41, 5.74) is 0.960. The van der Waals surface area contributed by atoms with Gasteiger partial charge in [0, 0.05) is 24.2 Å². The van der Waals surface area contributed by atoms with E-state index in [1.165, 1.54) is 31.4 Å². The molecule has 7 heteroatoms. The van der Waals surface area contributed by atoms with Crippen molar-refractivity contribution in [2.75, 3.05) is 12.4 Å². The van der Waals surface area contributed by atoms with Crippen molar-refractivity contribution in [2.45, 2.75) is 6.54 Å². The van der Waals surface area contributed by atoms with Crippen molar-refractivity contribution in [2.24, 2.45) is 0 Å². The van der Waals surface area contributed by atoms with Crippen molar-refractivity contribution in [1.29, 1.82) is 0 Å². The van der Waals surface area contributed by atoms with Crippen LogP contribution in [0.1, 0.15) is 5.56 Å². The number of hydrogen-bond donors (Lipinski definition) is 2. The number of benzene rings is 2. The van der Waals surface area contributed by atoms with E-state index in [0.717, 1.165) is 0 Å². The summed E-state index contributed by atoms with van der Waals surface area (Å²) < 4.78 is 5.08. The number of rotatable bonds is 5. The first kappa shape index (κ1) is 14.9. The number of anilines is 1. The van der Waals surface area contributed by atoms with E-state index in [2.05, 4.69) is 5.32 Å². The van der Waals surface area contributed by atoms with Crippen LogP contribution in [-0.2, 0) is 6.54 Å². The number of nitro groups is 1. The zero-order valence-electron chi connectivity index (χ0n) is 11.2. The van der Waals surface area contributed by atoms with E-state index in [0.29, 0.717) is 22.0 Å². The Kier molecular flexibility index (Phi) is 4.49. The van der Waals surface area contributed by atoms with Crippen LogP contribution in [0, 0.1) is 10.1 Å². The number of methoxy groups -OCH3 is 1. The van der Waals surface area contributed by atoms with Crippen molar-refractivity contribution >= 4 is 23.0 Å². The van der Waals surface area contributed by atoms with E-state index in [1.54, 1.807) is 12.1 Å². The number of aromatic hydroxyl groups is 1. The second kappa shape index (κ2) is 6.32. The molecule has 0 heterocycles. The fourth-order valence-electron chi connectivity index (χ4n) is 1.78. The molecule has 0 fully saturated rings. The van der Waals surface area contributed by atoms with Crippen molar-refractivity contribution in [3.05, 3.63) is 57.1 Å². The van der Waals surface area contributed by atoms with Crippen molar-refractivity contribution in [1.82, 2.24) is 0 Å². The van der Waals surface area contributed by atoms with Crippen LogP contribution in [0.15, 0.2) is 36.4 Å². The predicted octanol–water partition coefficient (Wildman–Crippen LogP) is 3.57. The van der Waals surface area contributed by atoms with Crippen LogP contribution in [0.4, 0.5) is 11.4 Å². The Bertz CT molecular complexity index is 676. The summed E-state index contributed by atoms with van der Waals surface area (Å²) in [6, 6.07) is 8.96. The van der Waals surface area contributed by atoms with Crippen molar-refractivity contribution < 1.29 is 14.8 Å². The molecule has 0 saturated heterocycles. The number of halogens is 1. The van der Waals surface area contributed by atoms with Gasteiger partial charge < -0.3 is 15.2 Å². The maximum atomic E-state index is 10.8. The Morgan fingerprint density at radius 2 is 2.10 bits per heavy atom. The molecule has 0 aliphatic heterocycles. The smallest absolute Gasteiger partial charge is 0.271 e. The molecular formula is C14H13ClN2O4. The maximum absolute atomic E-state index is 10.8. The van der Waals surface area contributed by atoms with Gasteiger partial charge in [-0.3, -0.25) is 10.1 Å². The molecule has 0 radical (unpaired) electrons. The summed E-state index contributed by atoms with van der Waals surface area (Å²) in [7, 11) is 1.53. The van der Waals surface area contributed by atoms with E-state index in [4.69, 9.17) is 16.3 Å². The third-order valence-corrected chi connectivity index (χ3v) is 3.25. The standard InChI is InChI=1S/C14H13ClN2O4/c1-21-11-3-5-14(18)9(6-11)8-16-13-7-10(17(19)20)2-4-12(13)15/h2-7,16,18H,8H2,1H3. The average molecular weight is 309 g/mol. The van der Waals surface area contributed by atoms with Gasteiger partial charge in [-0.1, -0.05) is 11.6 Å². The molecule has 6 nitrogen and oxygen atoms in total. The van der Waals surface area contributed by atoms with E-state index >= 15 is 0 Å². The first-order chi connectivity index (χ1) is 10.0. The van der Waals surface area contributed by atoms with Gasteiger partial charge in [0.15, 0.2) is 0 Å². The van der Waals surface area contributed by atoms with Crippen LogP contribution in [0.5, 0.6) is 11.5 Å². The molecule has 0 unspecified atom stereocenters. The molecule has 0 amide bonds. The van der Waals surface area contributed by atoms with E-state index in [-0.39, 0.29) is 18.0 Å². The van der Waals surface area contributed by atoms with Gasteiger partial charge in [-0.05, 0) is 24.3 Å². The molecule has 2 aromatic carbocycles. The lowest BCUT2D eigenvalue weighted by Gasteiger charge is -2.11. The third kappa shape index (κ3) is 3.55. The molecule has 2 N–H and O–H groups in total. The van der Waals surface area contributed by atoms with Gasteiger partial charge in [-0.25, -0.2) is 0 Å². The molecule has 0 aliphatic rings. The molecule has 0 atom stereocenters. The molecule has 0 bridgehead atoms. The van der Waals surface area contributed by atoms with E-state index in [1.807, 2.05) is 0 Å². The summed E-state index contributed by atoms with van der Waals surface area (Å²) in [5, 5.41) is 23.9. The van der Waals surface area contributed by atoms with Gasteiger partial charge in [0.1, 0.15) is 11.5 Å². The third-order valence-electron chi connectivity index (χ3n) is 2.92. The van der Waals surface area contributed by atoms with Gasteiger partial charge in [0.05, 0.1) is 22.7 Å². The summed E-state index contributed by atoms with van der Waals surface area (Å²) in [6.45, 7) is 0.254. The molecule has 0 aliphatic carbocycles. The van der Waals surface area contributed by atoms with Gasteiger partial charge in [0.2, 0.25) is 0 Å². The molecular weight excluding hydrogens is 296 g/mol. The highest BCUT2D eigenvalue weighted by molar-refractivity contribution is 6.33. The average Bonchev–Trinajstić information content (AvgIpc) is 2.47. The second-order valence-corrected chi connectivity index (χ2v) is 4.68. The normalized spacial score (nSPS) is 10.2. The molecule has 0 aromatic heterocycles. The van der Waals surface area contributed by atoms with Crippen LogP contribution in [0.2, 0.25) is 5.02 Å². The fourth-order valence-corrected chi connectivity index (χ4v) is 1.97. The lowest BCUT2D eigenvalue weighted by Crippen LogP contribution is -2.01. The zero-order valence-corrected chi connectivity index (χ0v) is 11.9. The Hall–Kier alpha value is -2.47. The SMILES string of the molecule is COc1ccc(O)c(CNc2cc([N+](=O)[O-])ccc2Cl)c1. The Morgan fingerprint density at radius 3 is 2.76 bits per heavy atom. The van der Waals surface area contributed by atoms with Crippen LogP contribution >= 0.6 is 11.6 Å². The van der Waals surface area contributed by atoms with Gasteiger partial charge in [-0.2, -0.15) is 0 Å². The molecule has 2 rings (SSSR count). The van der Waals surface area contributed by atoms with Gasteiger partial charge >= 0.3 is 0 Å². The lowest BCUT2D eigenvalue weighted by atomic mass is 10.2. The molecule has 0 saturated carbocycles. The topological polar surface area (TPSA) is 84.6 Å². The number of nitro benzene ring substituents is 1. The monoisotopic (exact) mass is 308 g/mol. The zero-order chi connectivity index (χ0) is 15.4. The minimum atomic E-state index is -0.496. The number of phenols is 1. The quantitative estimate of drug-likeness (QED) is 0.651. The summed E-state index contributed by atoms with van der Waals surface area (Å²) in [4.78, 5) is 10.3. The van der Waals surface area contributed by atoms with E-state index < -0.39 is 4.92 Å². The Labute approximate surface area is 126 Å². The van der Waals surface area contributed by atoms with Crippen LogP contribution in [-0.4, -0.2) is 17.1 Å². The lowest BCUT2D eigenvalue weighted by molar-refractivity contribution is -0.384. The molecule has 2 aromatic rings. The van der Waals surface area contributed by atoms with Crippen LogP contribution in [0.3, 0.4) is 0 Å². The highest BCUT2D eigenvalue weighted by Gasteiger charge is 2.10. The minimum Gasteiger partial charge on any atom is -0.508 e. The van der Waals surface area contributed by atoms with Gasteiger partial charge in [0.25, 0.3) is 5.69 Å². The number of ether oxygens (including phenoxy) is 1. The number of nitrogens with zero attached hydrogens (tertiary/aromatic N) is 1. The maximum Gasteiger partial charge on any atom is 0.271 e. The van der Waals surface area contributed by atoms with E-state index in [9.17, 15) is 15.2 Å². The predicted molar refractivity (Wildman–Crippen MR) is 80.1 cm³/mol. The summed E-state index contributed by atoms with van der Waals surface area (Å²) >= 11 is 5.99. The number of nitrogens with one attached hydrogen (secondary N) is 1. The molecule has 0 spiro atoms. The Morgan fingerprint density at radius 1 is 1.33 bits per heavy atom. The van der Waals surface area contributed by atoms with Crippen molar-refractivity contribution in [3.63, 3.8) is 0 Å². The molecule has 110 valence electrons. The first-order valence-electron chi connectivity index (χ1n) is 6.05. The van der Waals surface area contributed by atoms with Crippen LogP contribution < -0.4 is 10.1 Å². The highest BCUT2D eigenvalue weighted by Crippen LogP contribution is 2.29. The first-order valence-corrected chi connectivity index (χ1v) is 6.42. The minimum absolute atomic E-state index is 0.0586. The highest BCUT2D eigenvalue weighted by atomic mass is 35.5. The summed E-state index contributed by atoms with van der Waals surface area (Å²) in [5.74, 6) is 0.708. The van der Waals surface area contributed by atoms with Crippen LogP contribution in [0.25, 0.3) is 0 Å². The number of non-ortho nitro benzene ring substituents is 1.